The van der Waals surface area contributed by atoms with Gasteiger partial charge in [-0.15, -0.1) is 10.2 Å². The van der Waals surface area contributed by atoms with Crippen LogP contribution in [0.15, 0.2) is 70.5 Å². The molecular weight excluding hydrogens is 462 g/mol. The Morgan fingerprint density at radius 2 is 1.76 bits per heavy atom. The fourth-order valence-electron chi connectivity index (χ4n) is 3.59. The van der Waals surface area contributed by atoms with Crippen LogP contribution in [0.4, 0.5) is 11.4 Å². The molecule has 33 heavy (non-hydrogen) atoms. The number of tetrazole rings is 1. The van der Waals surface area contributed by atoms with Crippen LogP contribution >= 0.6 is 23.4 Å². The van der Waals surface area contributed by atoms with Gasteiger partial charge in [0.1, 0.15) is 6.54 Å². The lowest BCUT2D eigenvalue weighted by atomic mass is 10.2. The van der Waals surface area contributed by atoms with Crippen molar-refractivity contribution in [2.24, 2.45) is 0 Å². The molecule has 0 radical (unpaired) electrons. The number of methoxy groups -OCH3 is 2. The quantitative estimate of drug-likeness (QED) is 0.405. The van der Waals surface area contributed by atoms with Crippen LogP contribution in [-0.2, 0) is 11.3 Å². The van der Waals surface area contributed by atoms with Gasteiger partial charge in [-0.3, -0.25) is 9.69 Å². The molecule has 2 heterocycles. The first-order valence-corrected chi connectivity index (χ1v) is 11.2. The molecule has 0 spiro atoms. The third kappa shape index (κ3) is 4.01. The molecule has 4 aromatic rings. The smallest absolute Gasteiger partial charge is 0.255 e. The summed E-state index contributed by atoms with van der Waals surface area (Å²) in [6, 6.07) is 18.6. The number of rotatable bonds is 5. The zero-order valence-corrected chi connectivity index (χ0v) is 19.3. The summed E-state index contributed by atoms with van der Waals surface area (Å²) in [5.74, 6) is 1.32. The minimum Gasteiger partial charge on any atom is -0.493 e. The fourth-order valence-corrected chi connectivity index (χ4v) is 4.79. The Labute approximate surface area is 199 Å². The van der Waals surface area contributed by atoms with Gasteiger partial charge in [-0.25, -0.2) is 0 Å². The van der Waals surface area contributed by atoms with E-state index < -0.39 is 0 Å². The highest BCUT2D eigenvalue weighted by molar-refractivity contribution is 7.99. The number of ether oxygens (including phenoxy) is 2. The van der Waals surface area contributed by atoms with Gasteiger partial charge in [0, 0.05) is 20.4 Å². The van der Waals surface area contributed by atoms with E-state index in [2.05, 4.69) is 15.4 Å². The predicted octanol–water partition coefficient (Wildman–Crippen LogP) is 4.84. The van der Waals surface area contributed by atoms with Crippen molar-refractivity contribution in [3.8, 4) is 22.9 Å². The summed E-state index contributed by atoms with van der Waals surface area (Å²) >= 11 is 7.85. The summed E-state index contributed by atoms with van der Waals surface area (Å²) < 4.78 is 10.6. The van der Waals surface area contributed by atoms with Crippen molar-refractivity contribution in [2.45, 2.75) is 16.3 Å². The summed E-state index contributed by atoms with van der Waals surface area (Å²) in [4.78, 5) is 18.3. The van der Waals surface area contributed by atoms with Gasteiger partial charge >= 0.3 is 0 Å². The Balaban J connectivity index is 1.45. The molecule has 1 aliphatic rings. The van der Waals surface area contributed by atoms with Gasteiger partial charge in [0.25, 0.3) is 5.91 Å². The minimum absolute atomic E-state index is 0.0920. The minimum atomic E-state index is -0.206. The summed E-state index contributed by atoms with van der Waals surface area (Å²) in [5, 5.41) is 13.1. The lowest BCUT2D eigenvalue weighted by Gasteiger charge is -2.31. The SMILES string of the molecule is COc1ccc(-c2nnn(CC(=O)N3c4ccccc4Sc4ccc(Cl)cc43)n2)cc1OC. The molecular formula is C23H18ClN5O3S. The van der Waals surface area contributed by atoms with Gasteiger partial charge in [0.15, 0.2) is 11.5 Å². The number of fused-ring (bicyclic) bond motifs is 2. The Hall–Kier alpha value is -3.56. The van der Waals surface area contributed by atoms with Crippen molar-refractivity contribution < 1.29 is 14.3 Å². The molecule has 0 atom stereocenters. The third-order valence-corrected chi connectivity index (χ3v) is 6.47. The molecule has 8 nitrogen and oxygen atoms in total. The number of anilines is 2. The van der Waals surface area contributed by atoms with Gasteiger partial charge in [-0.05, 0) is 53.7 Å². The van der Waals surface area contributed by atoms with Crippen LogP contribution in [0, 0.1) is 0 Å². The Morgan fingerprint density at radius 1 is 0.970 bits per heavy atom. The highest BCUT2D eigenvalue weighted by Gasteiger charge is 2.29. The van der Waals surface area contributed by atoms with Crippen LogP contribution in [0.5, 0.6) is 11.5 Å². The standard InChI is InChI=1S/C23H18ClN5O3S/c1-31-18-9-7-14(11-19(18)32-2)23-25-27-28(26-23)13-22(30)29-16-5-3-4-6-20(16)33-21-10-8-15(24)12-17(21)29/h3-12H,13H2,1-2H3. The molecule has 3 aromatic carbocycles. The molecule has 0 fully saturated rings. The maximum Gasteiger partial charge on any atom is 0.255 e. The Morgan fingerprint density at radius 3 is 2.58 bits per heavy atom. The largest absolute Gasteiger partial charge is 0.493 e. The summed E-state index contributed by atoms with van der Waals surface area (Å²) in [5.41, 5.74) is 2.22. The maximum atomic E-state index is 13.4. The van der Waals surface area contributed by atoms with Gasteiger partial charge in [0.2, 0.25) is 5.82 Å². The second kappa shape index (κ2) is 8.76. The van der Waals surface area contributed by atoms with Crippen LogP contribution in [0.3, 0.4) is 0 Å². The second-order valence-electron chi connectivity index (χ2n) is 7.12. The Kier molecular flexibility index (Phi) is 5.65. The number of hydrogen-bond acceptors (Lipinski definition) is 7. The first-order valence-electron chi connectivity index (χ1n) is 9.97. The van der Waals surface area contributed by atoms with Gasteiger partial charge in [-0.2, -0.15) is 4.80 Å². The average Bonchev–Trinajstić information content (AvgIpc) is 3.30. The van der Waals surface area contributed by atoms with E-state index in [-0.39, 0.29) is 12.5 Å². The normalized spacial score (nSPS) is 12.2. The molecule has 5 rings (SSSR count). The van der Waals surface area contributed by atoms with E-state index in [1.165, 1.54) is 4.80 Å². The number of aromatic nitrogens is 4. The van der Waals surface area contributed by atoms with Crippen molar-refractivity contribution in [1.29, 1.82) is 0 Å². The Bertz CT molecular complexity index is 1360. The van der Waals surface area contributed by atoms with E-state index in [0.29, 0.717) is 27.9 Å². The zero-order chi connectivity index (χ0) is 22.9. The number of carbonyl (C=O) groups is 1. The summed E-state index contributed by atoms with van der Waals surface area (Å²) in [6.07, 6.45) is 0. The number of amides is 1. The third-order valence-electron chi connectivity index (χ3n) is 5.11. The number of halogens is 1. The summed E-state index contributed by atoms with van der Waals surface area (Å²) in [6.45, 7) is -0.0920. The molecule has 1 aliphatic heterocycles. The van der Waals surface area contributed by atoms with Crippen LogP contribution in [0.1, 0.15) is 0 Å². The highest BCUT2D eigenvalue weighted by atomic mass is 35.5. The van der Waals surface area contributed by atoms with Crippen molar-refractivity contribution in [3.05, 3.63) is 65.7 Å². The van der Waals surface area contributed by atoms with Crippen LogP contribution in [-0.4, -0.2) is 40.3 Å². The summed E-state index contributed by atoms with van der Waals surface area (Å²) in [7, 11) is 3.13. The van der Waals surface area contributed by atoms with Crippen LogP contribution in [0.2, 0.25) is 5.02 Å². The molecule has 0 saturated heterocycles. The lowest BCUT2D eigenvalue weighted by Crippen LogP contribution is -2.32. The van der Waals surface area contributed by atoms with E-state index in [9.17, 15) is 4.79 Å². The maximum absolute atomic E-state index is 13.4. The molecule has 0 aliphatic carbocycles. The van der Waals surface area contributed by atoms with Crippen LogP contribution < -0.4 is 14.4 Å². The van der Waals surface area contributed by atoms with E-state index >= 15 is 0 Å². The second-order valence-corrected chi connectivity index (χ2v) is 8.64. The molecule has 1 amide bonds. The van der Waals surface area contributed by atoms with Crippen molar-refractivity contribution >= 4 is 40.6 Å². The van der Waals surface area contributed by atoms with E-state index in [0.717, 1.165) is 21.2 Å². The van der Waals surface area contributed by atoms with E-state index in [1.807, 2.05) is 36.4 Å². The van der Waals surface area contributed by atoms with E-state index in [1.54, 1.807) is 55.1 Å². The lowest BCUT2D eigenvalue weighted by molar-refractivity contribution is -0.118. The molecule has 0 unspecified atom stereocenters. The first kappa shape index (κ1) is 21.3. The predicted molar refractivity (Wildman–Crippen MR) is 126 cm³/mol. The van der Waals surface area contributed by atoms with Crippen molar-refractivity contribution in [1.82, 2.24) is 20.2 Å². The zero-order valence-electron chi connectivity index (χ0n) is 17.7. The molecule has 166 valence electrons. The molecule has 0 bridgehead atoms. The molecule has 1 aromatic heterocycles. The average molecular weight is 480 g/mol. The molecule has 0 N–H and O–H groups in total. The van der Waals surface area contributed by atoms with Gasteiger partial charge in [0.05, 0.1) is 25.6 Å². The van der Waals surface area contributed by atoms with Crippen molar-refractivity contribution in [3.63, 3.8) is 0 Å². The van der Waals surface area contributed by atoms with E-state index in [4.69, 9.17) is 21.1 Å². The molecule has 10 heteroatoms. The number of nitrogens with zero attached hydrogens (tertiary/aromatic N) is 5. The van der Waals surface area contributed by atoms with Gasteiger partial charge < -0.3 is 9.47 Å². The number of benzene rings is 3. The monoisotopic (exact) mass is 479 g/mol. The highest BCUT2D eigenvalue weighted by Crippen LogP contribution is 2.48. The van der Waals surface area contributed by atoms with Crippen LogP contribution in [0.25, 0.3) is 11.4 Å². The van der Waals surface area contributed by atoms with Gasteiger partial charge in [-0.1, -0.05) is 35.5 Å². The number of para-hydroxylation sites is 1. The number of carbonyl (C=O) groups excluding carboxylic acids is 1. The van der Waals surface area contributed by atoms with Crippen molar-refractivity contribution in [2.75, 3.05) is 19.1 Å². The first-order chi connectivity index (χ1) is 16.1. The molecule has 0 saturated carbocycles. The fraction of sp³-hybridized carbons (Fsp3) is 0.130. The number of hydrogen-bond donors (Lipinski definition) is 0. The topological polar surface area (TPSA) is 82.4 Å².